The van der Waals surface area contributed by atoms with E-state index in [0.29, 0.717) is 6.04 Å². The minimum Gasteiger partial charge on any atom is -0.352 e. The maximum Gasteiger partial charge on any atom is 0.242 e. The highest BCUT2D eigenvalue weighted by molar-refractivity contribution is 6.30. The monoisotopic (exact) mass is 237 g/mol. The molecule has 1 fully saturated rings. The van der Waals surface area contributed by atoms with Gasteiger partial charge in [-0.15, -0.1) is 11.6 Å². The molecule has 1 saturated carbocycles. The van der Waals surface area contributed by atoms with Gasteiger partial charge in [0.15, 0.2) is 0 Å². The summed E-state index contributed by atoms with van der Waals surface area (Å²) in [4.78, 5) is 11.7. The molecule has 0 saturated heterocycles. The van der Waals surface area contributed by atoms with Gasteiger partial charge in [0, 0.05) is 6.04 Å². The van der Waals surface area contributed by atoms with E-state index < -0.39 is 5.38 Å². The molecule has 1 amide bonds. The number of nitrogens with one attached hydrogen (secondary N) is 1. The molecule has 16 heavy (non-hydrogen) atoms. The minimum atomic E-state index is -0.563. The zero-order chi connectivity index (χ0) is 11.5. The maximum absolute atomic E-state index is 11.7. The maximum atomic E-state index is 11.7. The number of aryl methyl sites for hydroxylation is 1. The Labute approximate surface area is 101 Å². The molecule has 3 heteroatoms. The molecule has 0 spiro atoms. The Bertz CT molecular complexity index is 370. The lowest BCUT2D eigenvalue weighted by Crippen LogP contribution is -2.28. The fourth-order valence-corrected chi connectivity index (χ4v) is 1.78. The number of hydrogen-bond acceptors (Lipinski definition) is 1. The smallest absolute Gasteiger partial charge is 0.242 e. The first-order chi connectivity index (χ1) is 7.70. The fourth-order valence-electron chi connectivity index (χ4n) is 1.58. The molecular weight excluding hydrogens is 222 g/mol. The number of carbonyl (C=O) groups excluding carboxylic acids is 1. The summed E-state index contributed by atoms with van der Waals surface area (Å²) in [5.41, 5.74) is 2.13. The topological polar surface area (TPSA) is 29.1 Å². The van der Waals surface area contributed by atoms with E-state index in [2.05, 4.69) is 12.2 Å². The molecule has 1 aliphatic rings. The van der Waals surface area contributed by atoms with Gasteiger partial charge >= 0.3 is 0 Å². The lowest BCUT2D eigenvalue weighted by molar-refractivity contribution is -0.121. The zero-order valence-corrected chi connectivity index (χ0v) is 10.1. The van der Waals surface area contributed by atoms with Crippen LogP contribution in [0.3, 0.4) is 0 Å². The van der Waals surface area contributed by atoms with Gasteiger partial charge in [-0.2, -0.15) is 0 Å². The molecule has 1 atom stereocenters. The molecule has 1 unspecified atom stereocenters. The summed E-state index contributed by atoms with van der Waals surface area (Å²) in [5, 5.41) is 2.35. The van der Waals surface area contributed by atoms with E-state index in [9.17, 15) is 4.79 Å². The van der Waals surface area contributed by atoms with E-state index in [1.807, 2.05) is 24.3 Å². The second-order valence-corrected chi connectivity index (χ2v) is 4.68. The third kappa shape index (κ3) is 2.76. The average molecular weight is 238 g/mol. The number of alkyl halides is 1. The van der Waals surface area contributed by atoms with Crippen molar-refractivity contribution in [3.05, 3.63) is 35.4 Å². The van der Waals surface area contributed by atoms with E-state index in [1.54, 1.807) is 0 Å². The number of halogens is 1. The minimum absolute atomic E-state index is 0.0755. The third-order valence-corrected chi connectivity index (χ3v) is 3.28. The summed E-state index contributed by atoms with van der Waals surface area (Å²) in [6, 6.07) is 8.28. The van der Waals surface area contributed by atoms with Crippen molar-refractivity contribution in [1.82, 2.24) is 5.32 Å². The van der Waals surface area contributed by atoms with Crippen LogP contribution in [-0.4, -0.2) is 11.9 Å². The van der Waals surface area contributed by atoms with Crippen molar-refractivity contribution < 1.29 is 4.79 Å². The van der Waals surface area contributed by atoms with Crippen molar-refractivity contribution in [2.45, 2.75) is 37.6 Å². The molecule has 1 aromatic rings. The van der Waals surface area contributed by atoms with Crippen molar-refractivity contribution in [3.8, 4) is 0 Å². The Morgan fingerprint density at radius 3 is 2.56 bits per heavy atom. The quantitative estimate of drug-likeness (QED) is 0.802. The molecule has 2 nitrogen and oxygen atoms in total. The second-order valence-electron chi connectivity index (χ2n) is 4.24. The predicted molar refractivity (Wildman–Crippen MR) is 65.6 cm³/mol. The fraction of sp³-hybridized carbons (Fsp3) is 0.462. The number of amides is 1. The van der Waals surface area contributed by atoms with Crippen LogP contribution in [0.15, 0.2) is 24.3 Å². The first kappa shape index (κ1) is 11.5. The molecule has 0 aromatic heterocycles. The van der Waals surface area contributed by atoms with Crippen LogP contribution in [0.4, 0.5) is 0 Å². The van der Waals surface area contributed by atoms with Gasteiger partial charge in [-0.1, -0.05) is 31.2 Å². The van der Waals surface area contributed by atoms with E-state index >= 15 is 0 Å². The molecule has 0 aliphatic heterocycles. The first-order valence-corrected chi connectivity index (χ1v) is 6.17. The SMILES string of the molecule is CCc1ccc(C(Cl)C(=O)NC2CC2)cc1. The number of carbonyl (C=O) groups is 1. The van der Waals surface area contributed by atoms with E-state index in [4.69, 9.17) is 11.6 Å². The lowest BCUT2D eigenvalue weighted by atomic mass is 10.1. The van der Waals surface area contributed by atoms with Crippen molar-refractivity contribution in [2.24, 2.45) is 0 Å². The van der Waals surface area contributed by atoms with Crippen molar-refractivity contribution in [1.29, 1.82) is 0 Å². The highest BCUT2D eigenvalue weighted by Crippen LogP contribution is 2.24. The van der Waals surface area contributed by atoms with Crippen LogP contribution in [0, 0.1) is 0 Å². The number of benzene rings is 1. The largest absolute Gasteiger partial charge is 0.352 e. The van der Waals surface area contributed by atoms with Crippen LogP contribution >= 0.6 is 11.6 Å². The van der Waals surface area contributed by atoms with Gasteiger partial charge in [0.05, 0.1) is 0 Å². The predicted octanol–water partition coefficient (Wildman–Crippen LogP) is 2.81. The summed E-state index contributed by atoms with van der Waals surface area (Å²) in [6.07, 6.45) is 3.18. The van der Waals surface area contributed by atoms with Crippen LogP contribution in [0.1, 0.15) is 36.3 Å². The molecule has 1 aromatic carbocycles. The van der Waals surface area contributed by atoms with Gasteiger partial charge in [-0.05, 0) is 30.4 Å². The zero-order valence-electron chi connectivity index (χ0n) is 9.37. The molecule has 0 bridgehead atoms. The number of hydrogen-bond donors (Lipinski definition) is 1. The summed E-state index contributed by atoms with van der Waals surface area (Å²) >= 11 is 6.11. The molecular formula is C13H16ClNO. The van der Waals surface area contributed by atoms with Gasteiger partial charge in [0.25, 0.3) is 0 Å². The molecule has 2 rings (SSSR count). The Morgan fingerprint density at radius 1 is 1.44 bits per heavy atom. The highest BCUT2D eigenvalue weighted by atomic mass is 35.5. The van der Waals surface area contributed by atoms with Crippen LogP contribution in [0.5, 0.6) is 0 Å². The second kappa shape index (κ2) is 4.88. The molecule has 86 valence electrons. The number of rotatable bonds is 4. The van der Waals surface area contributed by atoms with Crippen molar-refractivity contribution >= 4 is 17.5 Å². The molecule has 1 N–H and O–H groups in total. The Kier molecular flexibility index (Phi) is 3.49. The highest BCUT2D eigenvalue weighted by Gasteiger charge is 2.27. The Morgan fingerprint density at radius 2 is 2.06 bits per heavy atom. The molecule has 0 heterocycles. The third-order valence-electron chi connectivity index (χ3n) is 2.83. The van der Waals surface area contributed by atoms with Crippen LogP contribution < -0.4 is 5.32 Å². The summed E-state index contributed by atoms with van der Waals surface area (Å²) in [7, 11) is 0. The van der Waals surface area contributed by atoms with Gasteiger partial charge < -0.3 is 5.32 Å². The van der Waals surface area contributed by atoms with Crippen LogP contribution in [-0.2, 0) is 11.2 Å². The Hall–Kier alpha value is -1.02. The van der Waals surface area contributed by atoms with Gasteiger partial charge in [0.2, 0.25) is 5.91 Å². The summed E-state index contributed by atoms with van der Waals surface area (Å²) in [6.45, 7) is 2.10. The standard InChI is InChI=1S/C13H16ClNO/c1-2-9-3-5-10(6-4-9)12(14)13(16)15-11-7-8-11/h3-6,11-12H,2,7-8H2,1H3,(H,15,16). The Balaban J connectivity index is 2.00. The molecule has 1 aliphatic carbocycles. The van der Waals surface area contributed by atoms with E-state index in [0.717, 1.165) is 24.8 Å². The lowest BCUT2D eigenvalue weighted by Gasteiger charge is -2.10. The van der Waals surface area contributed by atoms with Gasteiger partial charge in [-0.25, -0.2) is 0 Å². The average Bonchev–Trinajstić information content (AvgIpc) is 3.12. The van der Waals surface area contributed by atoms with Gasteiger partial charge in [0.1, 0.15) is 5.38 Å². The van der Waals surface area contributed by atoms with E-state index in [1.165, 1.54) is 5.56 Å². The van der Waals surface area contributed by atoms with Crippen LogP contribution in [0.2, 0.25) is 0 Å². The van der Waals surface area contributed by atoms with E-state index in [-0.39, 0.29) is 5.91 Å². The van der Waals surface area contributed by atoms with Gasteiger partial charge in [-0.3, -0.25) is 4.79 Å². The summed E-state index contributed by atoms with van der Waals surface area (Å²) < 4.78 is 0. The van der Waals surface area contributed by atoms with Crippen molar-refractivity contribution in [2.75, 3.05) is 0 Å². The summed E-state index contributed by atoms with van der Waals surface area (Å²) in [5.74, 6) is -0.0755. The van der Waals surface area contributed by atoms with Crippen LogP contribution in [0.25, 0.3) is 0 Å². The first-order valence-electron chi connectivity index (χ1n) is 5.74. The molecule has 0 radical (unpaired) electrons. The van der Waals surface area contributed by atoms with Crippen molar-refractivity contribution in [3.63, 3.8) is 0 Å². The normalized spacial score (nSPS) is 16.9.